The Bertz CT molecular complexity index is 1080. The van der Waals surface area contributed by atoms with Gasteiger partial charge in [-0.3, -0.25) is 10.1 Å². The number of amides is 1. The van der Waals surface area contributed by atoms with Gasteiger partial charge in [-0.05, 0) is 77.0 Å². The van der Waals surface area contributed by atoms with Crippen LogP contribution in [0.1, 0.15) is 26.5 Å². The average Bonchev–Trinajstić information content (AvgIpc) is 3.12. The van der Waals surface area contributed by atoms with E-state index in [1.165, 1.54) is 6.07 Å². The van der Waals surface area contributed by atoms with Crippen LogP contribution in [0.25, 0.3) is 11.3 Å². The van der Waals surface area contributed by atoms with Crippen molar-refractivity contribution in [3.8, 4) is 11.3 Å². The standard InChI is InChI=1S/C20H15BrN2O4S/c1-11-4-2-3-5-13(11)18(24)23-20(28)22-12-6-7-14(15(21)10-12)16-8-9-17(27-16)19(25)26/h2-10H,1H3,(H,25,26)(H2,22,23,24,28). The summed E-state index contributed by atoms with van der Waals surface area (Å²) in [6.07, 6.45) is 0. The molecule has 0 saturated heterocycles. The Morgan fingerprint density at radius 3 is 2.50 bits per heavy atom. The minimum Gasteiger partial charge on any atom is -0.475 e. The lowest BCUT2D eigenvalue weighted by Gasteiger charge is -2.12. The number of benzene rings is 2. The van der Waals surface area contributed by atoms with Crippen molar-refractivity contribution >= 4 is 50.8 Å². The first kappa shape index (κ1) is 19.8. The van der Waals surface area contributed by atoms with Crippen LogP contribution in [0.2, 0.25) is 0 Å². The molecule has 3 rings (SSSR count). The predicted octanol–water partition coefficient (Wildman–Crippen LogP) is 4.84. The lowest BCUT2D eigenvalue weighted by Crippen LogP contribution is -2.34. The number of furan rings is 1. The maximum atomic E-state index is 12.3. The summed E-state index contributed by atoms with van der Waals surface area (Å²) in [6.45, 7) is 1.85. The molecule has 0 unspecified atom stereocenters. The van der Waals surface area contributed by atoms with Crippen molar-refractivity contribution in [2.45, 2.75) is 6.92 Å². The highest BCUT2D eigenvalue weighted by atomic mass is 79.9. The van der Waals surface area contributed by atoms with Gasteiger partial charge in [-0.1, -0.05) is 18.2 Å². The zero-order valence-electron chi connectivity index (χ0n) is 14.7. The number of carboxylic acids is 1. The van der Waals surface area contributed by atoms with Gasteiger partial charge in [0.15, 0.2) is 5.11 Å². The van der Waals surface area contributed by atoms with E-state index in [0.717, 1.165) is 5.56 Å². The summed E-state index contributed by atoms with van der Waals surface area (Å²) in [7, 11) is 0. The maximum Gasteiger partial charge on any atom is 0.371 e. The summed E-state index contributed by atoms with van der Waals surface area (Å²) in [5, 5.41) is 14.7. The molecule has 0 atom stereocenters. The highest BCUT2D eigenvalue weighted by Crippen LogP contribution is 2.32. The third-order valence-electron chi connectivity index (χ3n) is 3.93. The molecule has 8 heteroatoms. The molecule has 1 aromatic heterocycles. The largest absolute Gasteiger partial charge is 0.475 e. The number of thiocarbonyl (C=S) groups is 1. The van der Waals surface area contributed by atoms with E-state index in [0.29, 0.717) is 27.0 Å². The van der Waals surface area contributed by atoms with E-state index in [2.05, 4.69) is 26.6 Å². The van der Waals surface area contributed by atoms with Gasteiger partial charge in [-0.2, -0.15) is 0 Å². The number of carbonyl (C=O) groups excluding carboxylic acids is 1. The summed E-state index contributed by atoms with van der Waals surface area (Å²) in [5.74, 6) is -1.13. The number of nitrogens with one attached hydrogen (secondary N) is 2. The summed E-state index contributed by atoms with van der Waals surface area (Å²) < 4.78 is 5.99. The van der Waals surface area contributed by atoms with Gasteiger partial charge in [-0.25, -0.2) is 4.79 Å². The number of rotatable bonds is 4. The smallest absolute Gasteiger partial charge is 0.371 e. The van der Waals surface area contributed by atoms with Gasteiger partial charge in [-0.15, -0.1) is 0 Å². The van der Waals surface area contributed by atoms with Crippen LogP contribution in [-0.4, -0.2) is 22.1 Å². The number of hydrogen-bond acceptors (Lipinski definition) is 4. The zero-order chi connectivity index (χ0) is 20.3. The molecule has 3 N–H and O–H groups in total. The molecule has 0 aliphatic rings. The van der Waals surface area contributed by atoms with Gasteiger partial charge in [0.05, 0.1) is 0 Å². The number of carboxylic acid groups (broad SMARTS) is 1. The van der Waals surface area contributed by atoms with Crippen molar-refractivity contribution < 1.29 is 19.1 Å². The van der Waals surface area contributed by atoms with Crippen molar-refractivity contribution in [2.24, 2.45) is 0 Å². The Labute approximate surface area is 174 Å². The van der Waals surface area contributed by atoms with Gasteiger partial charge >= 0.3 is 5.97 Å². The van der Waals surface area contributed by atoms with Gasteiger partial charge in [0, 0.05) is 21.3 Å². The topological polar surface area (TPSA) is 91.6 Å². The minimum absolute atomic E-state index is 0.135. The third kappa shape index (κ3) is 4.47. The molecule has 28 heavy (non-hydrogen) atoms. The fraction of sp³-hybridized carbons (Fsp3) is 0.0500. The fourth-order valence-electron chi connectivity index (χ4n) is 2.55. The summed E-state index contributed by atoms with van der Waals surface area (Å²) in [4.78, 5) is 23.3. The van der Waals surface area contributed by atoms with E-state index in [1.54, 1.807) is 36.4 Å². The molecule has 2 aromatic carbocycles. The van der Waals surface area contributed by atoms with Gasteiger partial charge in [0.2, 0.25) is 5.76 Å². The molecular formula is C20H15BrN2O4S. The maximum absolute atomic E-state index is 12.3. The van der Waals surface area contributed by atoms with E-state index in [4.69, 9.17) is 21.7 Å². The highest BCUT2D eigenvalue weighted by molar-refractivity contribution is 9.10. The average molecular weight is 459 g/mol. The molecule has 0 aliphatic heterocycles. The van der Waals surface area contributed by atoms with E-state index in [1.807, 2.05) is 19.1 Å². The van der Waals surface area contributed by atoms with E-state index in [9.17, 15) is 9.59 Å². The SMILES string of the molecule is Cc1ccccc1C(=O)NC(=S)Nc1ccc(-c2ccc(C(=O)O)o2)c(Br)c1. The van der Waals surface area contributed by atoms with Crippen LogP contribution in [0.15, 0.2) is 63.5 Å². The van der Waals surface area contributed by atoms with Crippen LogP contribution < -0.4 is 10.6 Å². The van der Waals surface area contributed by atoms with Crippen molar-refractivity contribution in [3.05, 3.63) is 76.0 Å². The van der Waals surface area contributed by atoms with Crippen LogP contribution in [0.5, 0.6) is 0 Å². The Morgan fingerprint density at radius 1 is 1.11 bits per heavy atom. The first-order valence-corrected chi connectivity index (χ1v) is 9.36. The molecule has 0 spiro atoms. The van der Waals surface area contributed by atoms with Crippen molar-refractivity contribution in [1.82, 2.24) is 5.32 Å². The molecule has 0 aliphatic carbocycles. The van der Waals surface area contributed by atoms with Gasteiger partial charge in [0.1, 0.15) is 5.76 Å². The Kier molecular flexibility index (Phi) is 5.91. The second-order valence-corrected chi connectivity index (χ2v) is 7.15. The predicted molar refractivity (Wildman–Crippen MR) is 114 cm³/mol. The van der Waals surface area contributed by atoms with Crippen molar-refractivity contribution in [3.63, 3.8) is 0 Å². The van der Waals surface area contributed by atoms with E-state index >= 15 is 0 Å². The Morgan fingerprint density at radius 2 is 1.86 bits per heavy atom. The highest BCUT2D eigenvalue weighted by Gasteiger charge is 2.14. The van der Waals surface area contributed by atoms with Crippen LogP contribution in [-0.2, 0) is 0 Å². The molecule has 142 valence electrons. The van der Waals surface area contributed by atoms with Gasteiger partial charge in [0.25, 0.3) is 5.91 Å². The van der Waals surface area contributed by atoms with Crippen LogP contribution >= 0.6 is 28.1 Å². The third-order valence-corrected chi connectivity index (χ3v) is 4.79. The number of halogens is 1. The van der Waals surface area contributed by atoms with Crippen LogP contribution in [0.4, 0.5) is 5.69 Å². The van der Waals surface area contributed by atoms with Crippen molar-refractivity contribution in [1.29, 1.82) is 0 Å². The number of aryl methyl sites for hydroxylation is 1. The normalized spacial score (nSPS) is 10.4. The summed E-state index contributed by atoms with van der Waals surface area (Å²) in [6, 6.07) is 15.5. The quantitative estimate of drug-likeness (QED) is 0.484. The molecule has 1 heterocycles. The molecule has 0 fully saturated rings. The monoisotopic (exact) mass is 458 g/mol. The Hall–Kier alpha value is -2.97. The number of aromatic carboxylic acids is 1. The first-order chi connectivity index (χ1) is 13.3. The summed E-state index contributed by atoms with van der Waals surface area (Å²) >= 11 is 8.65. The van der Waals surface area contributed by atoms with E-state index in [-0.39, 0.29) is 16.8 Å². The van der Waals surface area contributed by atoms with Crippen LogP contribution in [0.3, 0.4) is 0 Å². The molecule has 0 bridgehead atoms. The van der Waals surface area contributed by atoms with Crippen molar-refractivity contribution in [2.75, 3.05) is 5.32 Å². The second kappa shape index (κ2) is 8.37. The molecule has 0 radical (unpaired) electrons. The number of anilines is 1. The fourth-order valence-corrected chi connectivity index (χ4v) is 3.34. The zero-order valence-corrected chi connectivity index (χ0v) is 17.1. The molecule has 0 saturated carbocycles. The molecule has 3 aromatic rings. The van der Waals surface area contributed by atoms with E-state index < -0.39 is 5.97 Å². The number of carbonyl (C=O) groups is 2. The Balaban J connectivity index is 1.70. The van der Waals surface area contributed by atoms with Gasteiger partial charge < -0.3 is 14.8 Å². The lowest BCUT2D eigenvalue weighted by molar-refractivity contribution is 0.0663. The molecular weight excluding hydrogens is 444 g/mol. The number of hydrogen-bond donors (Lipinski definition) is 3. The van der Waals surface area contributed by atoms with Crippen LogP contribution in [0, 0.1) is 6.92 Å². The lowest BCUT2D eigenvalue weighted by atomic mass is 10.1. The molecule has 1 amide bonds. The second-order valence-electron chi connectivity index (χ2n) is 5.89. The minimum atomic E-state index is -1.13. The first-order valence-electron chi connectivity index (χ1n) is 8.16. The molecule has 6 nitrogen and oxygen atoms in total. The summed E-state index contributed by atoms with van der Waals surface area (Å²) in [5.41, 5.74) is 2.74.